The highest BCUT2D eigenvalue weighted by Gasteiger charge is 2.16. The Balaban J connectivity index is 4.12. The highest BCUT2D eigenvalue weighted by Crippen LogP contribution is 2.12. The number of carbonyl (C=O) groups excluding carboxylic acids is 1. The number of carbonyl (C=O) groups is 1. The molecule has 0 spiro atoms. The van der Waals surface area contributed by atoms with Crippen LogP contribution in [0.1, 0.15) is 206 Å². The number of esters is 1. The van der Waals surface area contributed by atoms with Gasteiger partial charge in [0.15, 0.2) is 0 Å². The smallest absolute Gasteiger partial charge is 0.306 e. The van der Waals surface area contributed by atoms with E-state index in [1.165, 1.54) is 167 Å². The lowest BCUT2D eigenvalue weighted by Gasteiger charge is -2.21. The molecular weight excluding hydrogens is 675 g/mol. The van der Waals surface area contributed by atoms with Crippen LogP contribution in [0, 0.1) is 0 Å². The zero-order valence-electron chi connectivity index (χ0n) is 35.9. The van der Waals surface area contributed by atoms with Gasteiger partial charge in [-0.3, -0.25) is 9.69 Å². The Labute approximate surface area is 335 Å². The molecular formula is C47H91NO6. The van der Waals surface area contributed by atoms with E-state index in [1.807, 2.05) is 4.90 Å². The molecule has 7 heteroatoms. The summed E-state index contributed by atoms with van der Waals surface area (Å²) in [5, 5.41) is 18.5. The maximum atomic E-state index is 12.7. The van der Waals surface area contributed by atoms with Crippen LogP contribution in [0.15, 0.2) is 24.3 Å². The van der Waals surface area contributed by atoms with Crippen molar-refractivity contribution in [3.05, 3.63) is 24.3 Å². The number of hydrogen-bond donors (Lipinski definition) is 2. The fourth-order valence-corrected chi connectivity index (χ4v) is 6.76. The maximum absolute atomic E-state index is 12.7. The molecule has 2 N–H and O–H groups in total. The van der Waals surface area contributed by atoms with Gasteiger partial charge in [0.2, 0.25) is 0 Å². The van der Waals surface area contributed by atoms with E-state index >= 15 is 0 Å². The van der Waals surface area contributed by atoms with Gasteiger partial charge >= 0.3 is 5.97 Å². The van der Waals surface area contributed by atoms with E-state index in [1.54, 1.807) is 0 Å². The van der Waals surface area contributed by atoms with E-state index < -0.39 is 6.10 Å². The van der Waals surface area contributed by atoms with Gasteiger partial charge in [0.05, 0.1) is 26.4 Å². The second kappa shape index (κ2) is 46.1. The highest BCUT2D eigenvalue weighted by atomic mass is 16.6. The van der Waals surface area contributed by atoms with Crippen LogP contribution >= 0.6 is 0 Å². The van der Waals surface area contributed by atoms with Crippen LogP contribution in [0.2, 0.25) is 0 Å². The Morgan fingerprint density at radius 3 is 1.20 bits per heavy atom. The molecule has 7 nitrogen and oxygen atoms in total. The summed E-state index contributed by atoms with van der Waals surface area (Å²) in [6.07, 6.45) is 46.0. The van der Waals surface area contributed by atoms with Crippen LogP contribution in [-0.2, 0) is 19.0 Å². The molecule has 0 bridgehead atoms. The second-order valence-corrected chi connectivity index (χ2v) is 15.5. The van der Waals surface area contributed by atoms with Gasteiger partial charge in [-0.15, -0.1) is 0 Å². The standard InChI is InChI=1S/C47H91NO6/c1-3-5-7-9-11-13-15-17-19-21-23-25-27-29-31-33-42-52-44-46(54-47(51)36-35-37-48(38-40-49)39-41-50)45-53-43-34-32-30-28-26-24-22-20-18-16-14-12-10-8-6-4-2/h17-20,46,49-50H,3-16,21-45H2,1-2H3/b19-17-,20-18-. The normalized spacial score (nSPS) is 12.0. The summed E-state index contributed by atoms with van der Waals surface area (Å²) in [5.41, 5.74) is 0. The third-order valence-electron chi connectivity index (χ3n) is 10.2. The van der Waals surface area contributed by atoms with Crippen LogP contribution in [-0.4, -0.2) is 86.5 Å². The van der Waals surface area contributed by atoms with Crippen molar-refractivity contribution in [2.45, 2.75) is 213 Å². The van der Waals surface area contributed by atoms with Crippen molar-refractivity contribution in [1.29, 1.82) is 0 Å². The minimum atomic E-state index is -0.397. The highest BCUT2D eigenvalue weighted by molar-refractivity contribution is 5.69. The number of hydrogen-bond acceptors (Lipinski definition) is 7. The monoisotopic (exact) mass is 766 g/mol. The molecule has 0 aromatic heterocycles. The van der Waals surface area contributed by atoms with E-state index in [4.69, 9.17) is 14.2 Å². The van der Waals surface area contributed by atoms with Crippen LogP contribution in [0.4, 0.5) is 0 Å². The molecule has 54 heavy (non-hydrogen) atoms. The van der Waals surface area contributed by atoms with E-state index in [0.29, 0.717) is 58.9 Å². The molecule has 0 saturated heterocycles. The minimum Gasteiger partial charge on any atom is -0.457 e. The Morgan fingerprint density at radius 2 is 0.833 bits per heavy atom. The summed E-state index contributed by atoms with van der Waals surface area (Å²) in [4.78, 5) is 14.6. The lowest BCUT2D eigenvalue weighted by atomic mass is 10.1. The third kappa shape index (κ3) is 41.9. The summed E-state index contributed by atoms with van der Waals surface area (Å²) in [6.45, 7) is 8.34. The van der Waals surface area contributed by atoms with Crippen LogP contribution < -0.4 is 0 Å². The number of ether oxygens (including phenoxy) is 3. The molecule has 0 aliphatic carbocycles. The molecule has 0 aliphatic rings. The second-order valence-electron chi connectivity index (χ2n) is 15.5. The lowest BCUT2D eigenvalue weighted by Crippen LogP contribution is -2.32. The van der Waals surface area contributed by atoms with E-state index in [0.717, 1.165) is 12.8 Å². The third-order valence-corrected chi connectivity index (χ3v) is 10.2. The number of aliphatic hydroxyl groups is 2. The quantitative estimate of drug-likeness (QED) is 0.0362. The van der Waals surface area contributed by atoms with Crippen molar-refractivity contribution in [3.63, 3.8) is 0 Å². The Morgan fingerprint density at radius 1 is 0.481 bits per heavy atom. The summed E-state index contributed by atoms with van der Waals surface area (Å²) in [5.74, 6) is -0.241. The zero-order valence-corrected chi connectivity index (χ0v) is 35.9. The predicted octanol–water partition coefficient (Wildman–Crippen LogP) is 12.1. The molecule has 0 aromatic rings. The van der Waals surface area contributed by atoms with Crippen molar-refractivity contribution in [2.75, 3.05) is 59.3 Å². The van der Waals surface area contributed by atoms with Crippen molar-refractivity contribution in [2.24, 2.45) is 0 Å². The summed E-state index contributed by atoms with van der Waals surface area (Å²) >= 11 is 0. The molecule has 0 aromatic carbocycles. The van der Waals surface area contributed by atoms with Gasteiger partial charge < -0.3 is 24.4 Å². The van der Waals surface area contributed by atoms with Crippen LogP contribution in [0.3, 0.4) is 0 Å². The van der Waals surface area contributed by atoms with Crippen molar-refractivity contribution in [3.8, 4) is 0 Å². The SMILES string of the molecule is CCCCCCCC/C=C\CCCCCCCCOCC(COCCCCCCCC/C=C\CCCCCCCC)OC(=O)CCCN(CCO)CCO. The maximum Gasteiger partial charge on any atom is 0.306 e. The Hall–Kier alpha value is -1.25. The molecule has 0 radical (unpaired) electrons. The number of unbranched alkanes of at least 4 members (excludes halogenated alkanes) is 24. The average Bonchev–Trinajstić information content (AvgIpc) is 3.17. The first-order chi connectivity index (χ1) is 26.7. The molecule has 0 fully saturated rings. The first-order valence-electron chi connectivity index (χ1n) is 23.3. The molecule has 320 valence electrons. The van der Waals surface area contributed by atoms with Crippen LogP contribution in [0.25, 0.3) is 0 Å². The van der Waals surface area contributed by atoms with E-state index in [2.05, 4.69) is 38.2 Å². The summed E-state index contributed by atoms with van der Waals surface area (Å²) in [7, 11) is 0. The first kappa shape index (κ1) is 52.8. The number of aliphatic hydroxyl groups excluding tert-OH is 2. The zero-order chi connectivity index (χ0) is 39.3. The van der Waals surface area contributed by atoms with Gasteiger partial charge in [0, 0.05) is 32.7 Å². The average molecular weight is 766 g/mol. The first-order valence-corrected chi connectivity index (χ1v) is 23.3. The largest absolute Gasteiger partial charge is 0.457 e. The van der Waals surface area contributed by atoms with Crippen molar-refractivity contribution in [1.82, 2.24) is 4.90 Å². The molecule has 0 amide bonds. The molecule has 0 aliphatic heterocycles. The van der Waals surface area contributed by atoms with E-state index in [-0.39, 0.29) is 19.2 Å². The molecule has 0 unspecified atom stereocenters. The van der Waals surface area contributed by atoms with Crippen molar-refractivity contribution >= 4 is 5.97 Å². The van der Waals surface area contributed by atoms with Gasteiger partial charge in [-0.1, -0.05) is 154 Å². The van der Waals surface area contributed by atoms with Crippen molar-refractivity contribution < 1.29 is 29.2 Å². The summed E-state index contributed by atoms with van der Waals surface area (Å²) < 4.78 is 17.8. The topological polar surface area (TPSA) is 88.5 Å². The van der Waals surface area contributed by atoms with E-state index in [9.17, 15) is 15.0 Å². The predicted molar refractivity (Wildman–Crippen MR) is 230 cm³/mol. The fourth-order valence-electron chi connectivity index (χ4n) is 6.76. The minimum absolute atomic E-state index is 0.0369. The van der Waals surface area contributed by atoms with Gasteiger partial charge in [0.1, 0.15) is 6.10 Å². The Kier molecular flexibility index (Phi) is 45.1. The number of rotatable bonds is 45. The number of nitrogens with zero attached hydrogens (tertiary/aromatic N) is 1. The summed E-state index contributed by atoms with van der Waals surface area (Å²) in [6, 6.07) is 0. The molecule has 0 atom stereocenters. The number of allylic oxidation sites excluding steroid dienone is 4. The fraction of sp³-hybridized carbons (Fsp3) is 0.894. The van der Waals surface area contributed by atoms with Gasteiger partial charge in [-0.2, -0.15) is 0 Å². The molecule has 0 heterocycles. The Bertz CT molecular complexity index is 738. The van der Waals surface area contributed by atoms with Crippen LogP contribution in [0.5, 0.6) is 0 Å². The molecule has 0 saturated carbocycles. The van der Waals surface area contributed by atoms with Gasteiger partial charge in [-0.05, 0) is 77.2 Å². The molecule has 0 rings (SSSR count). The van der Waals surface area contributed by atoms with Gasteiger partial charge in [0.25, 0.3) is 0 Å². The lowest BCUT2D eigenvalue weighted by molar-refractivity contribution is -0.156. The van der Waals surface area contributed by atoms with Gasteiger partial charge in [-0.25, -0.2) is 0 Å².